The van der Waals surface area contributed by atoms with Gasteiger partial charge in [0.2, 0.25) is 0 Å². The highest BCUT2D eigenvalue weighted by Crippen LogP contribution is 2.27. The second kappa shape index (κ2) is 9.82. The van der Waals surface area contributed by atoms with Crippen molar-refractivity contribution in [2.75, 3.05) is 41.8 Å². The van der Waals surface area contributed by atoms with Crippen molar-refractivity contribution in [1.29, 1.82) is 0 Å². The lowest BCUT2D eigenvalue weighted by Crippen LogP contribution is -2.37. The molecule has 9 nitrogen and oxygen atoms in total. The summed E-state index contributed by atoms with van der Waals surface area (Å²) in [5, 5.41) is 15.6. The van der Waals surface area contributed by atoms with Crippen molar-refractivity contribution in [2.24, 2.45) is 0 Å². The maximum absolute atomic E-state index is 12.3. The zero-order valence-electron chi connectivity index (χ0n) is 18.4. The molecule has 1 saturated heterocycles. The number of anilines is 3. The molecule has 0 bridgehead atoms. The summed E-state index contributed by atoms with van der Waals surface area (Å²) in [6.07, 6.45) is 1.73. The molecule has 2 amide bonds. The summed E-state index contributed by atoms with van der Waals surface area (Å²) < 4.78 is 5.49. The van der Waals surface area contributed by atoms with Gasteiger partial charge in [-0.1, -0.05) is 12.1 Å². The summed E-state index contributed by atoms with van der Waals surface area (Å²) in [4.78, 5) is 28.5. The van der Waals surface area contributed by atoms with Crippen LogP contribution in [-0.4, -0.2) is 52.4 Å². The van der Waals surface area contributed by atoms with Crippen molar-refractivity contribution in [3.63, 3.8) is 0 Å². The Morgan fingerprint density at radius 3 is 2.29 bits per heavy atom. The van der Waals surface area contributed by atoms with E-state index in [1.165, 1.54) is 0 Å². The maximum atomic E-state index is 12.3. The topological polar surface area (TPSA) is 112 Å². The number of urea groups is 1. The van der Waals surface area contributed by atoms with Crippen molar-refractivity contribution in [3.8, 4) is 11.4 Å². The number of aliphatic hydroxyl groups excluding tert-OH is 1. The Labute approximate surface area is 196 Å². The molecule has 0 unspecified atom stereocenters. The van der Waals surface area contributed by atoms with Gasteiger partial charge in [-0.25, -0.2) is 19.7 Å². The molecular weight excluding hydrogens is 432 g/mol. The van der Waals surface area contributed by atoms with Crippen molar-refractivity contribution in [2.45, 2.75) is 6.61 Å². The number of ether oxygens (including phenoxy) is 1. The summed E-state index contributed by atoms with van der Waals surface area (Å²) in [7, 11) is 0. The largest absolute Gasteiger partial charge is 0.392 e. The number of hydrogen-bond acceptors (Lipinski definition) is 7. The summed E-state index contributed by atoms with van der Waals surface area (Å²) in [6.45, 7) is 2.82. The lowest BCUT2D eigenvalue weighted by molar-refractivity contribution is 0.122. The number of rotatable bonds is 5. The third kappa shape index (κ3) is 4.80. The van der Waals surface area contributed by atoms with E-state index in [9.17, 15) is 4.79 Å². The number of morpholine rings is 1. The van der Waals surface area contributed by atoms with Gasteiger partial charge in [0, 0.05) is 36.2 Å². The van der Waals surface area contributed by atoms with E-state index in [0.29, 0.717) is 36.1 Å². The Balaban J connectivity index is 1.34. The fourth-order valence-electron chi connectivity index (χ4n) is 3.78. The third-order valence-electron chi connectivity index (χ3n) is 5.56. The van der Waals surface area contributed by atoms with Gasteiger partial charge in [0.25, 0.3) is 0 Å². The summed E-state index contributed by atoms with van der Waals surface area (Å²) >= 11 is 0. The smallest absolute Gasteiger partial charge is 0.323 e. The number of hydrogen-bond donors (Lipinski definition) is 3. The fraction of sp³-hybridized carbons (Fsp3) is 0.200. The Bertz CT molecular complexity index is 1290. The number of aliphatic hydroxyl groups is 1. The number of nitrogens with one attached hydrogen (secondary N) is 2. The Morgan fingerprint density at radius 1 is 0.941 bits per heavy atom. The molecule has 2 aromatic carbocycles. The number of amides is 2. The minimum Gasteiger partial charge on any atom is -0.392 e. The molecule has 0 aliphatic carbocycles. The molecule has 1 aliphatic heterocycles. The molecule has 5 rings (SSSR count). The number of fused-ring (bicyclic) bond motifs is 1. The number of benzene rings is 2. The van der Waals surface area contributed by atoms with Crippen molar-refractivity contribution >= 4 is 34.3 Å². The van der Waals surface area contributed by atoms with E-state index in [-0.39, 0.29) is 12.6 Å². The highest BCUT2D eigenvalue weighted by molar-refractivity contribution is 5.99. The normalized spacial score (nSPS) is 13.6. The van der Waals surface area contributed by atoms with Crippen molar-refractivity contribution < 1.29 is 14.6 Å². The van der Waals surface area contributed by atoms with E-state index in [1.54, 1.807) is 30.5 Å². The van der Waals surface area contributed by atoms with Gasteiger partial charge >= 0.3 is 6.03 Å². The predicted octanol–water partition coefficient (Wildman–Crippen LogP) is 3.66. The Hall–Kier alpha value is -4.08. The average molecular weight is 457 g/mol. The first-order valence-corrected chi connectivity index (χ1v) is 11.0. The van der Waals surface area contributed by atoms with Gasteiger partial charge in [0.15, 0.2) is 11.5 Å². The van der Waals surface area contributed by atoms with Gasteiger partial charge < -0.3 is 25.4 Å². The lowest BCUT2D eigenvalue weighted by Gasteiger charge is -2.28. The second-order valence-electron chi connectivity index (χ2n) is 7.86. The molecule has 1 aliphatic rings. The van der Waals surface area contributed by atoms with Gasteiger partial charge in [0.05, 0.1) is 25.2 Å². The fourth-order valence-corrected chi connectivity index (χ4v) is 3.78. The van der Waals surface area contributed by atoms with Gasteiger partial charge in [-0.2, -0.15) is 0 Å². The highest BCUT2D eigenvalue weighted by Gasteiger charge is 2.18. The monoisotopic (exact) mass is 456 g/mol. The van der Waals surface area contributed by atoms with Crippen LogP contribution in [0.1, 0.15) is 5.56 Å². The molecule has 4 aromatic rings. The molecule has 3 N–H and O–H groups in total. The molecule has 0 saturated carbocycles. The van der Waals surface area contributed by atoms with Crippen LogP contribution < -0.4 is 15.5 Å². The highest BCUT2D eigenvalue weighted by atomic mass is 16.5. The van der Waals surface area contributed by atoms with Gasteiger partial charge in [-0.05, 0) is 54.1 Å². The van der Waals surface area contributed by atoms with Crippen LogP contribution in [-0.2, 0) is 11.3 Å². The van der Waals surface area contributed by atoms with Gasteiger partial charge in [0.1, 0.15) is 5.82 Å². The second-order valence-corrected chi connectivity index (χ2v) is 7.86. The van der Waals surface area contributed by atoms with Crippen LogP contribution in [0.3, 0.4) is 0 Å². The third-order valence-corrected chi connectivity index (χ3v) is 5.56. The minimum atomic E-state index is -0.356. The van der Waals surface area contributed by atoms with E-state index in [4.69, 9.17) is 14.8 Å². The number of carbonyl (C=O) groups is 1. The molecule has 3 heterocycles. The summed E-state index contributed by atoms with van der Waals surface area (Å²) in [6, 6.07) is 17.9. The maximum Gasteiger partial charge on any atom is 0.323 e. The van der Waals surface area contributed by atoms with E-state index < -0.39 is 0 Å². The Morgan fingerprint density at radius 2 is 1.62 bits per heavy atom. The molecule has 1 fully saturated rings. The van der Waals surface area contributed by atoms with Crippen LogP contribution in [0, 0.1) is 0 Å². The van der Waals surface area contributed by atoms with Gasteiger partial charge in [-0.3, -0.25) is 0 Å². The van der Waals surface area contributed by atoms with E-state index in [2.05, 4.69) is 25.5 Å². The minimum absolute atomic E-state index is 0.0379. The van der Waals surface area contributed by atoms with Crippen molar-refractivity contribution in [3.05, 3.63) is 72.4 Å². The first-order valence-electron chi connectivity index (χ1n) is 11.0. The summed E-state index contributed by atoms with van der Waals surface area (Å²) in [5.74, 6) is 1.43. The van der Waals surface area contributed by atoms with Crippen LogP contribution in [0.4, 0.5) is 22.0 Å². The number of aromatic nitrogens is 3. The van der Waals surface area contributed by atoms with Crippen LogP contribution >= 0.6 is 0 Å². The number of pyridine rings is 1. The first kappa shape index (κ1) is 21.7. The molecule has 0 atom stereocenters. The first-order chi connectivity index (χ1) is 16.7. The van der Waals surface area contributed by atoms with E-state index in [0.717, 1.165) is 35.4 Å². The molecule has 172 valence electrons. The number of carbonyl (C=O) groups excluding carboxylic acids is 1. The Kier molecular flexibility index (Phi) is 6.28. The molecule has 9 heteroatoms. The van der Waals surface area contributed by atoms with Crippen LogP contribution in [0.15, 0.2) is 66.9 Å². The predicted molar refractivity (Wildman–Crippen MR) is 131 cm³/mol. The zero-order valence-corrected chi connectivity index (χ0v) is 18.4. The van der Waals surface area contributed by atoms with Crippen LogP contribution in [0.25, 0.3) is 22.4 Å². The van der Waals surface area contributed by atoms with Gasteiger partial charge in [-0.15, -0.1) is 0 Å². The van der Waals surface area contributed by atoms with E-state index in [1.807, 2.05) is 36.4 Å². The number of nitrogens with zero attached hydrogens (tertiary/aromatic N) is 4. The van der Waals surface area contributed by atoms with Crippen LogP contribution in [0.2, 0.25) is 0 Å². The van der Waals surface area contributed by atoms with Crippen molar-refractivity contribution in [1.82, 2.24) is 15.0 Å². The molecular formula is C25H24N6O3. The van der Waals surface area contributed by atoms with E-state index >= 15 is 0 Å². The lowest BCUT2D eigenvalue weighted by atomic mass is 10.2. The molecule has 0 radical (unpaired) electrons. The molecule has 0 spiro atoms. The summed E-state index contributed by atoms with van der Waals surface area (Å²) in [5.41, 5.74) is 3.53. The SMILES string of the molecule is O=C(Nc1ccc(CO)cc1)Nc1ccc(-c2nc(N3CCOCC3)c3cccnc3n2)cc1. The quantitative estimate of drug-likeness (QED) is 0.420. The average Bonchev–Trinajstić information content (AvgIpc) is 2.89. The molecule has 2 aromatic heterocycles. The van der Waals surface area contributed by atoms with Crippen LogP contribution in [0.5, 0.6) is 0 Å². The molecule has 34 heavy (non-hydrogen) atoms. The standard InChI is InChI=1S/C25H24N6O3/c32-16-17-3-7-19(8-4-17)27-25(33)28-20-9-5-18(6-10-20)22-29-23-21(2-1-11-26-23)24(30-22)31-12-14-34-15-13-31/h1-11,32H,12-16H2,(H2,27,28,33). The zero-order chi connectivity index (χ0) is 23.3.